The maximum absolute atomic E-state index is 12.0. The molecule has 0 N–H and O–H groups in total. The van der Waals surface area contributed by atoms with Crippen LogP contribution in [0.25, 0.3) is 0 Å². The van der Waals surface area contributed by atoms with E-state index in [0.29, 0.717) is 10.3 Å². The van der Waals surface area contributed by atoms with Crippen molar-refractivity contribution in [2.45, 2.75) is 6.92 Å². The summed E-state index contributed by atoms with van der Waals surface area (Å²) in [7, 11) is -0.558. The van der Waals surface area contributed by atoms with Crippen LogP contribution < -0.4 is 5.30 Å². The average molecular weight is 235 g/mol. The van der Waals surface area contributed by atoms with Crippen molar-refractivity contribution in [1.82, 2.24) is 0 Å². The van der Waals surface area contributed by atoms with Crippen LogP contribution in [0.1, 0.15) is 5.56 Å². The highest BCUT2D eigenvalue weighted by Crippen LogP contribution is 2.46. The smallest absolute Gasteiger partial charge is 0.309 e. The van der Waals surface area contributed by atoms with Crippen LogP contribution in [-0.4, -0.2) is 14.2 Å². The number of aryl methyl sites for hydroxylation is 1. The molecule has 0 spiro atoms. The molecule has 5 heteroatoms. The van der Waals surface area contributed by atoms with Gasteiger partial charge in [0.1, 0.15) is 0 Å². The van der Waals surface area contributed by atoms with Crippen molar-refractivity contribution >= 4 is 24.5 Å². The molecular formula is C9H12ClO3P. The third-order valence-electron chi connectivity index (χ3n) is 1.88. The van der Waals surface area contributed by atoms with Crippen molar-refractivity contribution in [1.29, 1.82) is 0 Å². The lowest BCUT2D eigenvalue weighted by Gasteiger charge is -2.15. The van der Waals surface area contributed by atoms with E-state index in [1.807, 2.05) is 13.0 Å². The molecule has 0 heterocycles. The maximum Gasteiger partial charge on any atom is 0.362 e. The summed E-state index contributed by atoms with van der Waals surface area (Å²) in [5.41, 5.74) is 0.957. The number of benzene rings is 1. The molecule has 78 valence electrons. The Morgan fingerprint density at radius 2 is 1.86 bits per heavy atom. The first-order chi connectivity index (χ1) is 6.53. The van der Waals surface area contributed by atoms with Gasteiger partial charge in [-0.2, -0.15) is 0 Å². The van der Waals surface area contributed by atoms with Crippen molar-refractivity contribution in [3.05, 3.63) is 28.8 Å². The number of hydrogen-bond acceptors (Lipinski definition) is 3. The van der Waals surface area contributed by atoms with E-state index in [1.54, 1.807) is 12.1 Å². The molecule has 1 rings (SSSR count). The minimum Gasteiger partial charge on any atom is -0.309 e. The predicted molar refractivity (Wildman–Crippen MR) is 57.4 cm³/mol. The zero-order chi connectivity index (χ0) is 10.8. The van der Waals surface area contributed by atoms with Gasteiger partial charge in [-0.15, -0.1) is 0 Å². The molecule has 0 aliphatic rings. The molecule has 0 aliphatic heterocycles. The predicted octanol–water partition coefficient (Wildman–Crippen LogP) is 2.76. The van der Waals surface area contributed by atoms with Crippen molar-refractivity contribution in [2.75, 3.05) is 14.2 Å². The highest BCUT2D eigenvalue weighted by atomic mass is 35.5. The van der Waals surface area contributed by atoms with Gasteiger partial charge in [0.15, 0.2) is 0 Å². The van der Waals surface area contributed by atoms with Crippen LogP contribution in [0.3, 0.4) is 0 Å². The molecule has 0 saturated carbocycles. The number of rotatable bonds is 3. The van der Waals surface area contributed by atoms with Gasteiger partial charge >= 0.3 is 7.60 Å². The summed E-state index contributed by atoms with van der Waals surface area (Å²) in [5, 5.41) is 0.798. The Labute approximate surface area is 88.5 Å². The minimum absolute atomic E-state index is 0.391. The fraction of sp³-hybridized carbons (Fsp3) is 0.333. The van der Waals surface area contributed by atoms with E-state index in [0.717, 1.165) is 5.56 Å². The van der Waals surface area contributed by atoms with Gasteiger partial charge in [-0.3, -0.25) is 4.57 Å². The minimum atomic E-state index is -3.23. The van der Waals surface area contributed by atoms with E-state index in [1.165, 1.54) is 14.2 Å². The Kier molecular flexibility index (Phi) is 3.73. The first-order valence-corrected chi connectivity index (χ1v) is 5.94. The fourth-order valence-electron chi connectivity index (χ4n) is 1.10. The van der Waals surface area contributed by atoms with Gasteiger partial charge in [-0.1, -0.05) is 23.2 Å². The SMILES string of the molecule is COP(=O)(OC)c1cc(C)ccc1Cl. The summed E-state index contributed by atoms with van der Waals surface area (Å²) in [5.74, 6) is 0. The van der Waals surface area contributed by atoms with E-state index in [9.17, 15) is 4.57 Å². The lowest BCUT2D eigenvalue weighted by atomic mass is 10.2. The lowest BCUT2D eigenvalue weighted by Crippen LogP contribution is -2.09. The molecule has 0 bridgehead atoms. The van der Waals surface area contributed by atoms with Crippen LogP contribution in [0.4, 0.5) is 0 Å². The lowest BCUT2D eigenvalue weighted by molar-refractivity contribution is 0.287. The Bertz CT molecular complexity index is 370. The Morgan fingerprint density at radius 3 is 2.36 bits per heavy atom. The molecule has 1 aromatic carbocycles. The second kappa shape index (κ2) is 4.45. The molecule has 0 radical (unpaired) electrons. The van der Waals surface area contributed by atoms with Crippen LogP contribution in [-0.2, 0) is 13.6 Å². The summed E-state index contributed by atoms with van der Waals surface area (Å²) < 4.78 is 21.7. The standard InChI is InChI=1S/C9H12ClO3P/c1-7-4-5-8(10)9(6-7)14(11,12-2)13-3/h4-6H,1-3H3. The zero-order valence-corrected chi connectivity index (χ0v) is 9.93. The van der Waals surface area contributed by atoms with Crippen LogP contribution in [0.5, 0.6) is 0 Å². The molecule has 0 saturated heterocycles. The number of hydrogen-bond donors (Lipinski definition) is 0. The van der Waals surface area contributed by atoms with Crippen LogP contribution in [0, 0.1) is 6.92 Å². The Balaban J connectivity index is 3.30. The van der Waals surface area contributed by atoms with Crippen molar-refractivity contribution in [2.24, 2.45) is 0 Å². The van der Waals surface area contributed by atoms with Crippen molar-refractivity contribution < 1.29 is 13.6 Å². The third kappa shape index (κ3) is 2.18. The zero-order valence-electron chi connectivity index (χ0n) is 8.28. The molecule has 0 unspecified atom stereocenters. The summed E-state index contributed by atoms with van der Waals surface area (Å²) in [6.07, 6.45) is 0. The second-order valence-corrected chi connectivity index (χ2v) is 5.43. The van der Waals surface area contributed by atoms with Crippen LogP contribution in [0.15, 0.2) is 18.2 Å². The normalized spacial score (nSPS) is 11.7. The molecule has 1 aromatic rings. The summed E-state index contributed by atoms with van der Waals surface area (Å²) in [6, 6.07) is 5.22. The highest BCUT2D eigenvalue weighted by Gasteiger charge is 2.27. The topological polar surface area (TPSA) is 35.5 Å². The first-order valence-electron chi connectivity index (χ1n) is 4.01. The molecular weight excluding hydrogens is 223 g/mol. The molecule has 3 nitrogen and oxygen atoms in total. The Hall–Kier alpha value is -0.340. The molecule has 0 amide bonds. The second-order valence-electron chi connectivity index (χ2n) is 2.82. The highest BCUT2D eigenvalue weighted by molar-refractivity contribution is 7.62. The summed E-state index contributed by atoms with van der Waals surface area (Å²) in [4.78, 5) is 0. The van der Waals surface area contributed by atoms with Gasteiger partial charge in [0.05, 0.1) is 10.3 Å². The fourth-order valence-corrected chi connectivity index (χ4v) is 2.77. The van der Waals surface area contributed by atoms with E-state index in [-0.39, 0.29) is 0 Å². The van der Waals surface area contributed by atoms with Gasteiger partial charge in [-0.25, -0.2) is 0 Å². The number of halogens is 1. The quantitative estimate of drug-likeness (QED) is 0.755. The summed E-state index contributed by atoms with van der Waals surface area (Å²) >= 11 is 5.91. The van der Waals surface area contributed by atoms with Crippen molar-refractivity contribution in [3.8, 4) is 0 Å². The van der Waals surface area contributed by atoms with Crippen molar-refractivity contribution in [3.63, 3.8) is 0 Å². The molecule has 0 atom stereocenters. The van der Waals surface area contributed by atoms with Crippen LogP contribution >= 0.6 is 19.2 Å². The molecule has 0 aliphatic carbocycles. The molecule has 0 aromatic heterocycles. The monoisotopic (exact) mass is 234 g/mol. The molecule has 0 fully saturated rings. The van der Waals surface area contributed by atoms with Gasteiger partial charge in [0.25, 0.3) is 0 Å². The maximum atomic E-state index is 12.0. The van der Waals surface area contributed by atoms with E-state index in [2.05, 4.69) is 0 Å². The van der Waals surface area contributed by atoms with Crippen LogP contribution in [0.2, 0.25) is 5.02 Å². The van der Waals surface area contributed by atoms with E-state index in [4.69, 9.17) is 20.6 Å². The van der Waals surface area contributed by atoms with Gasteiger partial charge in [-0.05, 0) is 19.1 Å². The average Bonchev–Trinajstić information content (AvgIpc) is 2.20. The van der Waals surface area contributed by atoms with Gasteiger partial charge in [0.2, 0.25) is 0 Å². The van der Waals surface area contributed by atoms with E-state index >= 15 is 0 Å². The largest absolute Gasteiger partial charge is 0.362 e. The first kappa shape index (κ1) is 11.7. The third-order valence-corrected chi connectivity index (χ3v) is 4.26. The Morgan fingerprint density at radius 1 is 1.29 bits per heavy atom. The van der Waals surface area contributed by atoms with E-state index < -0.39 is 7.60 Å². The van der Waals surface area contributed by atoms with Gasteiger partial charge < -0.3 is 9.05 Å². The van der Waals surface area contributed by atoms with Gasteiger partial charge in [0, 0.05) is 14.2 Å². The molecule has 14 heavy (non-hydrogen) atoms. The summed E-state index contributed by atoms with van der Waals surface area (Å²) in [6.45, 7) is 1.88.